The highest BCUT2D eigenvalue weighted by molar-refractivity contribution is 7.93. The van der Waals surface area contributed by atoms with Crippen molar-refractivity contribution in [3.05, 3.63) is 23.8 Å². The van der Waals surface area contributed by atoms with Gasteiger partial charge in [0.1, 0.15) is 5.25 Å². The Bertz CT molecular complexity index is 635. The fraction of sp³-hybridized carbons (Fsp3) is 0.273. The largest absolute Gasteiger partial charge is 0.465 e. The summed E-state index contributed by atoms with van der Waals surface area (Å²) in [6.07, 6.45) is 0. The number of fused-ring (bicyclic) bond motifs is 1. The van der Waals surface area contributed by atoms with Gasteiger partial charge in [0.25, 0.3) is 0 Å². The van der Waals surface area contributed by atoms with Crippen molar-refractivity contribution >= 4 is 27.4 Å². The lowest BCUT2D eigenvalue weighted by molar-refractivity contribution is -0.115. The molecule has 0 radical (unpaired) electrons. The van der Waals surface area contributed by atoms with Gasteiger partial charge >= 0.3 is 5.97 Å². The second-order valence-electron chi connectivity index (χ2n) is 3.88. The van der Waals surface area contributed by atoms with Crippen LogP contribution in [-0.2, 0) is 19.4 Å². The molecule has 0 aliphatic carbocycles. The third-order valence-corrected chi connectivity index (χ3v) is 4.90. The van der Waals surface area contributed by atoms with Crippen LogP contribution in [0.15, 0.2) is 23.1 Å². The fourth-order valence-corrected chi connectivity index (χ4v) is 3.11. The molecule has 1 atom stereocenters. The van der Waals surface area contributed by atoms with Crippen LogP contribution in [0.4, 0.5) is 5.69 Å². The molecule has 1 aliphatic rings. The summed E-state index contributed by atoms with van der Waals surface area (Å²) < 4.78 is 28.7. The fourth-order valence-electron chi connectivity index (χ4n) is 1.67. The predicted molar refractivity (Wildman–Crippen MR) is 63.1 cm³/mol. The zero-order chi connectivity index (χ0) is 13.5. The topological polar surface area (TPSA) is 89.5 Å². The molecular weight excluding hydrogens is 258 g/mol. The summed E-state index contributed by atoms with van der Waals surface area (Å²) >= 11 is 0. The molecule has 1 aromatic carbocycles. The lowest BCUT2D eigenvalue weighted by Crippen LogP contribution is -2.37. The van der Waals surface area contributed by atoms with Gasteiger partial charge in [-0.25, -0.2) is 13.2 Å². The Morgan fingerprint density at radius 3 is 2.67 bits per heavy atom. The molecule has 0 saturated heterocycles. The van der Waals surface area contributed by atoms with Crippen molar-refractivity contribution in [3.63, 3.8) is 0 Å². The van der Waals surface area contributed by atoms with Crippen LogP contribution in [0, 0.1) is 0 Å². The van der Waals surface area contributed by atoms with E-state index in [1.54, 1.807) is 0 Å². The van der Waals surface area contributed by atoms with Crippen LogP contribution in [0.2, 0.25) is 0 Å². The zero-order valence-corrected chi connectivity index (χ0v) is 10.6. The van der Waals surface area contributed by atoms with E-state index in [4.69, 9.17) is 0 Å². The summed E-state index contributed by atoms with van der Waals surface area (Å²) in [5.74, 6) is -1.20. The maximum absolute atomic E-state index is 12.1. The number of hydrogen-bond acceptors (Lipinski definition) is 5. The number of amides is 1. The van der Waals surface area contributed by atoms with E-state index in [0.29, 0.717) is 0 Å². The molecule has 0 spiro atoms. The van der Waals surface area contributed by atoms with Gasteiger partial charge in [-0.15, -0.1) is 0 Å². The first kappa shape index (κ1) is 12.6. The smallest absolute Gasteiger partial charge is 0.337 e. The summed E-state index contributed by atoms with van der Waals surface area (Å²) in [6.45, 7) is 1.30. The maximum atomic E-state index is 12.1. The van der Waals surface area contributed by atoms with E-state index in [0.717, 1.165) is 0 Å². The molecule has 6 nitrogen and oxygen atoms in total. The summed E-state index contributed by atoms with van der Waals surface area (Å²) in [6, 6.07) is 3.99. The van der Waals surface area contributed by atoms with Gasteiger partial charge in [-0.05, 0) is 25.1 Å². The molecule has 2 rings (SSSR count). The van der Waals surface area contributed by atoms with Gasteiger partial charge in [0.05, 0.1) is 23.3 Å². The van der Waals surface area contributed by atoms with Crippen molar-refractivity contribution in [2.45, 2.75) is 17.1 Å². The Morgan fingerprint density at radius 1 is 1.39 bits per heavy atom. The molecule has 18 heavy (non-hydrogen) atoms. The number of hydrogen-bond donors (Lipinski definition) is 1. The van der Waals surface area contributed by atoms with Crippen molar-refractivity contribution in [1.29, 1.82) is 0 Å². The number of carbonyl (C=O) groups excluding carboxylic acids is 2. The second-order valence-corrected chi connectivity index (χ2v) is 6.12. The minimum Gasteiger partial charge on any atom is -0.465 e. The van der Waals surface area contributed by atoms with Crippen LogP contribution < -0.4 is 5.32 Å². The van der Waals surface area contributed by atoms with Crippen molar-refractivity contribution in [3.8, 4) is 0 Å². The van der Waals surface area contributed by atoms with Gasteiger partial charge in [-0.2, -0.15) is 0 Å². The minimum atomic E-state index is -3.75. The average molecular weight is 269 g/mol. The number of benzene rings is 1. The van der Waals surface area contributed by atoms with Crippen molar-refractivity contribution in [2.75, 3.05) is 12.4 Å². The van der Waals surface area contributed by atoms with Gasteiger partial charge in [0, 0.05) is 0 Å². The molecule has 1 aliphatic heterocycles. The first-order chi connectivity index (χ1) is 8.37. The summed E-state index contributed by atoms with van der Waals surface area (Å²) in [7, 11) is -2.54. The van der Waals surface area contributed by atoms with Gasteiger partial charge in [0.15, 0.2) is 9.84 Å². The number of methoxy groups -OCH3 is 1. The number of rotatable bonds is 1. The van der Waals surface area contributed by atoms with E-state index < -0.39 is 27.0 Å². The lowest BCUT2D eigenvalue weighted by atomic mass is 10.2. The van der Waals surface area contributed by atoms with E-state index in [2.05, 4.69) is 10.1 Å². The third kappa shape index (κ3) is 1.76. The number of carbonyl (C=O) groups is 2. The monoisotopic (exact) mass is 269 g/mol. The van der Waals surface area contributed by atoms with Gasteiger partial charge in [-0.1, -0.05) is 0 Å². The molecule has 7 heteroatoms. The highest BCUT2D eigenvalue weighted by Crippen LogP contribution is 2.31. The number of ether oxygens (including phenoxy) is 1. The summed E-state index contributed by atoms with van der Waals surface area (Å²) in [4.78, 5) is 22.8. The molecule has 96 valence electrons. The molecule has 0 bridgehead atoms. The van der Waals surface area contributed by atoms with Gasteiger partial charge in [-0.3, -0.25) is 4.79 Å². The molecule has 0 saturated carbocycles. The highest BCUT2D eigenvalue weighted by atomic mass is 32.2. The molecule has 1 unspecified atom stereocenters. The third-order valence-electron chi connectivity index (χ3n) is 2.80. The standard InChI is InChI=1S/C11H11NO5S/c1-6-10(13)12-8-4-3-7(11(14)17-2)5-9(8)18(6,15)16/h3-6H,1-2H3,(H,12,13). The Morgan fingerprint density at radius 2 is 2.06 bits per heavy atom. The average Bonchev–Trinajstić information content (AvgIpc) is 2.35. The van der Waals surface area contributed by atoms with E-state index in [1.807, 2.05) is 0 Å². The summed E-state index contributed by atoms with van der Waals surface area (Å²) in [5, 5.41) is 1.31. The molecule has 1 amide bonds. The minimum absolute atomic E-state index is 0.0579. The predicted octanol–water partition coefficient (Wildman–Crippen LogP) is 0.587. The first-order valence-electron chi connectivity index (χ1n) is 5.15. The second kappa shape index (κ2) is 4.09. The molecule has 1 heterocycles. The highest BCUT2D eigenvalue weighted by Gasteiger charge is 2.37. The first-order valence-corrected chi connectivity index (χ1v) is 6.69. The quantitative estimate of drug-likeness (QED) is 0.753. The van der Waals surface area contributed by atoms with Crippen LogP contribution >= 0.6 is 0 Å². The maximum Gasteiger partial charge on any atom is 0.337 e. The number of nitrogens with one attached hydrogen (secondary N) is 1. The zero-order valence-electron chi connectivity index (χ0n) is 9.76. The lowest BCUT2D eigenvalue weighted by Gasteiger charge is -2.22. The Hall–Kier alpha value is -1.89. The van der Waals surface area contributed by atoms with Crippen LogP contribution in [0.5, 0.6) is 0 Å². The van der Waals surface area contributed by atoms with E-state index in [1.165, 1.54) is 32.2 Å². The number of sulfone groups is 1. The van der Waals surface area contributed by atoms with Gasteiger partial charge in [0.2, 0.25) is 5.91 Å². The van der Waals surface area contributed by atoms with E-state index >= 15 is 0 Å². The molecule has 0 aromatic heterocycles. The van der Waals surface area contributed by atoms with Gasteiger partial charge < -0.3 is 10.1 Å². The molecular formula is C11H11NO5S. The molecule has 1 N–H and O–H groups in total. The van der Waals surface area contributed by atoms with Crippen molar-refractivity contribution in [1.82, 2.24) is 0 Å². The van der Waals surface area contributed by atoms with Crippen LogP contribution in [-0.4, -0.2) is 32.7 Å². The number of esters is 1. The SMILES string of the molecule is COC(=O)c1ccc2c(c1)S(=O)(=O)C(C)C(=O)N2. The Labute approximate surface area is 104 Å². The van der Waals surface area contributed by atoms with E-state index in [-0.39, 0.29) is 16.1 Å². The van der Waals surface area contributed by atoms with Crippen LogP contribution in [0.25, 0.3) is 0 Å². The van der Waals surface area contributed by atoms with Crippen LogP contribution in [0.1, 0.15) is 17.3 Å². The Kier molecular flexibility index (Phi) is 2.86. The van der Waals surface area contributed by atoms with Crippen LogP contribution in [0.3, 0.4) is 0 Å². The molecule has 0 fully saturated rings. The van der Waals surface area contributed by atoms with Crippen molar-refractivity contribution < 1.29 is 22.7 Å². The molecule has 1 aromatic rings. The summed E-state index contributed by atoms with van der Waals surface area (Å²) in [5.41, 5.74) is 0.314. The van der Waals surface area contributed by atoms with Crippen molar-refractivity contribution in [2.24, 2.45) is 0 Å². The normalized spacial score (nSPS) is 20.8. The van der Waals surface area contributed by atoms with E-state index in [9.17, 15) is 18.0 Å². The Balaban J connectivity index is 2.63. The number of anilines is 1.